The Morgan fingerprint density at radius 2 is 1.97 bits per heavy atom. The van der Waals surface area contributed by atoms with Crippen molar-refractivity contribution in [3.63, 3.8) is 0 Å². The Morgan fingerprint density at radius 3 is 2.81 bits per heavy atom. The lowest BCUT2D eigenvalue weighted by atomic mass is 9.83. The summed E-state index contributed by atoms with van der Waals surface area (Å²) in [5.74, 6) is 1.24. The number of aromatic nitrogens is 7. The highest BCUT2D eigenvalue weighted by atomic mass is 32.1. The molecular weight excluding hydrogens is 468 g/mol. The van der Waals surface area contributed by atoms with E-state index >= 15 is 0 Å². The van der Waals surface area contributed by atoms with Crippen LogP contribution in [0.2, 0.25) is 0 Å². The number of allylic oxidation sites excluding steroid dienone is 1. The van der Waals surface area contributed by atoms with Crippen LogP contribution in [-0.2, 0) is 0 Å². The molecule has 0 unspecified atom stereocenters. The van der Waals surface area contributed by atoms with Crippen LogP contribution in [0.3, 0.4) is 0 Å². The number of aromatic amines is 2. The Kier molecular flexibility index (Phi) is 4.88. The second-order valence-corrected chi connectivity index (χ2v) is 9.86. The highest BCUT2D eigenvalue weighted by molar-refractivity contribution is 7.08. The van der Waals surface area contributed by atoms with E-state index in [2.05, 4.69) is 59.5 Å². The number of hydrogen-bond donors (Lipinski definition) is 3. The van der Waals surface area contributed by atoms with Gasteiger partial charge in [0.25, 0.3) is 0 Å². The van der Waals surface area contributed by atoms with E-state index in [4.69, 9.17) is 4.98 Å². The summed E-state index contributed by atoms with van der Waals surface area (Å²) in [7, 11) is 0. The monoisotopic (exact) mass is 490 g/mol. The third kappa shape index (κ3) is 3.56. The first-order chi connectivity index (χ1) is 17.7. The molecule has 0 amide bonds. The van der Waals surface area contributed by atoms with Gasteiger partial charge in [-0.15, -0.1) is 0 Å². The lowest BCUT2D eigenvalue weighted by Crippen LogP contribution is -2.18. The van der Waals surface area contributed by atoms with Gasteiger partial charge >= 0.3 is 0 Å². The number of nitrogens with zero attached hydrogens (tertiary/aromatic N) is 5. The molecule has 0 spiro atoms. The zero-order chi connectivity index (χ0) is 24.1. The molecule has 0 radical (unpaired) electrons. The van der Waals surface area contributed by atoms with E-state index in [0.717, 1.165) is 61.5 Å². The fourth-order valence-corrected chi connectivity index (χ4v) is 5.25. The number of H-pyrrole nitrogens is 2. The van der Waals surface area contributed by atoms with Crippen LogP contribution in [0, 0.1) is 5.92 Å². The highest BCUT2D eigenvalue weighted by Crippen LogP contribution is 2.34. The average Bonchev–Trinajstić information content (AvgIpc) is 3.61. The first-order valence-corrected chi connectivity index (χ1v) is 12.8. The largest absolute Gasteiger partial charge is 0.358 e. The van der Waals surface area contributed by atoms with E-state index in [0.29, 0.717) is 11.7 Å². The van der Waals surface area contributed by atoms with Crippen LogP contribution >= 0.6 is 11.3 Å². The quantitative estimate of drug-likeness (QED) is 0.249. The molecule has 0 atom stereocenters. The number of thiophene rings is 1. The SMILES string of the molecule is C=C(Nc1cncc(-c2cc3c(-c4nc5c(-c6ccsc6)nccc5[nH]4)n[nH]c3cn2)c1)C1CCC1. The summed E-state index contributed by atoms with van der Waals surface area (Å²) in [6.07, 6.45) is 10.9. The molecule has 1 aliphatic carbocycles. The van der Waals surface area contributed by atoms with Crippen molar-refractivity contribution in [3.8, 4) is 34.0 Å². The van der Waals surface area contributed by atoms with Crippen LogP contribution in [0.1, 0.15) is 19.3 Å². The molecule has 0 bridgehead atoms. The van der Waals surface area contributed by atoms with Gasteiger partial charge in [0.2, 0.25) is 0 Å². The van der Waals surface area contributed by atoms with E-state index in [1.54, 1.807) is 23.7 Å². The highest BCUT2D eigenvalue weighted by Gasteiger charge is 2.21. The third-order valence-corrected chi connectivity index (χ3v) is 7.49. The molecule has 0 aromatic carbocycles. The minimum atomic E-state index is 0.552. The van der Waals surface area contributed by atoms with E-state index in [1.807, 2.05) is 29.9 Å². The zero-order valence-electron chi connectivity index (χ0n) is 19.3. The van der Waals surface area contributed by atoms with Gasteiger partial charge in [-0.25, -0.2) is 4.98 Å². The van der Waals surface area contributed by atoms with Gasteiger partial charge in [-0.05, 0) is 48.4 Å². The van der Waals surface area contributed by atoms with Gasteiger partial charge in [-0.2, -0.15) is 16.4 Å². The molecule has 1 fully saturated rings. The summed E-state index contributed by atoms with van der Waals surface area (Å²) < 4.78 is 0. The average molecular weight is 491 g/mol. The predicted octanol–water partition coefficient (Wildman–Crippen LogP) is 6.41. The normalized spacial score (nSPS) is 13.8. The number of nitrogens with one attached hydrogen (secondary N) is 3. The number of imidazole rings is 1. The van der Waals surface area contributed by atoms with Crippen molar-refractivity contribution in [2.45, 2.75) is 19.3 Å². The summed E-state index contributed by atoms with van der Waals surface area (Å²) in [6.45, 7) is 4.21. The summed E-state index contributed by atoms with van der Waals surface area (Å²) >= 11 is 1.64. The number of fused-ring (bicyclic) bond motifs is 2. The molecule has 1 aliphatic rings. The van der Waals surface area contributed by atoms with Crippen molar-refractivity contribution in [2.75, 3.05) is 5.32 Å². The van der Waals surface area contributed by atoms with Gasteiger partial charge in [-0.1, -0.05) is 13.0 Å². The van der Waals surface area contributed by atoms with Crippen LogP contribution in [0.4, 0.5) is 5.69 Å². The van der Waals surface area contributed by atoms with E-state index in [9.17, 15) is 0 Å². The van der Waals surface area contributed by atoms with Gasteiger partial charge in [0.1, 0.15) is 11.2 Å². The maximum atomic E-state index is 4.89. The van der Waals surface area contributed by atoms with Gasteiger partial charge in [0.15, 0.2) is 5.82 Å². The summed E-state index contributed by atoms with van der Waals surface area (Å²) in [5, 5.41) is 16.1. The first kappa shape index (κ1) is 21.0. The maximum Gasteiger partial charge on any atom is 0.159 e. The van der Waals surface area contributed by atoms with E-state index in [1.165, 1.54) is 19.3 Å². The maximum absolute atomic E-state index is 4.89. The second kappa shape index (κ2) is 8.39. The van der Waals surface area contributed by atoms with E-state index < -0.39 is 0 Å². The second-order valence-electron chi connectivity index (χ2n) is 9.08. The number of hydrogen-bond acceptors (Lipinski definition) is 7. The molecule has 0 aliphatic heterocycles. The van der Waals surface area contributed by atoms with Gasteiger partial charge < -0.3 is 10.3 Å². The first-order valence-electron chi connectivity index (χ1n) is 11.9. The molecule has 176 valence electrons. The Balaban J connectivity index is 1.26. The Labute approximate surface area is 210 Å². The Bertz CT molecular complexity index is 1730. The molecule has 36 heavy (non-hydrogen) atoms. The zero-order valence-corrected chi connectivity index (χ0v) is 20.1. The minimum absolute atomic E-state index is 0.552. The summed E-state index contributed by atoms with van der Waals surface area (Å²) in [5.41, 5.74) is 8.95. The van der Waals surface area contributed by atoms with Crippen molar-refractivity contribution in [3.05, 3.63) is 72.1 Å². The molecule has 0 saturated heterocycles. The molecule has 6 heterocycles. The van der Waals surface area contributed by atoms with Crippen LogP contribution in [0.5, 0.6) is 0 Å². The molecule has 7 rings (SSSR count). The van der Waals surface area contributed by atoms with Crippen LogP contribution in [0.25, 0.3) is 56.0 Å². The molecule has 9 heteroatoms. The number of rotatable bonds is 6. The predicted molar refractivity (Wildman–Crippen MR) is 143 cm³/mol. The Morgan fingerprint density at radius 1 is 1.03 bits per heavy atom. The molecule has 1 saturated carbocycles. The molecule has 3 N–H and O–H groups in total. The molecule has 6 aromatic heterocycles. The topological polar surface area (TPSA) is 108 Å². The van der Waals surface area contributed by atoms with Crippen molar-refractivity contribution in [2.24, 2.45) is 5.92 Å². The Hall–Kier alpha value is -4.37. The minimum Gasteiger partial charge on any atom is -0.358 e. The molecular formula is C27H22N8S. The van der Waals surface area contributed by atoms with Crippen molar-refractivity contribution >= 4 is 39.0 Å². The van der Waals surface area contributed by atoms with Gasteiger partial charge in [0.05, 0.1) is 40.5 Å². The lowest BCUT2D eigenvalue weighted by Gasteiger charge is -2.28. The van der Waals surface area contributed by atoms with E-state index in [-0.39, 0.29) is 0 Å². The molecule has 8 nitrogen and oxygen atoms in total. The van der Waals surface area contributed by atoms with Gasteiger partial charge in [-0.3, -0.25) is 20.1 Å². The smallest absolute Gasteiger partial charge is 0.159 e. The molecule has 6 aromatic rings. The van der Waals surface area contributed by atoms with Crippen molar-refractivity contribution in [1.29, 1.82) is 0 Å². The van der Waals surface area contributed by atoms with Crippen LogP contribution < -0.4 is 5.32 Å². The fourth-order valence-electron chi connectivity index (χ4n) is 4.61. The van der Waals surface area contributed by atoms with Crippen LogP contribution in [0.15, 0.2) is 72.1 Å². The number of pyridine rings is 3. The van der Waals surface area contributed by atoms with Crippen molar-refractivity contribution < 1.29 is 0 Å². The van der Waals surface area contributed by atoms with Crippen molar-refractivity contribution in [1.82, 2.24) is 35.1 Å². The standard InChI is InChI=1S/C27H22N8S/c1-15(16-3-2-4-16)31-19-9-18(11-28-12-19)22-10-20-23(13-30-22)34-35-25(20)27-32-21-5-7-29-24(26(21)33-27)17-6-8-36-14-17/h5-14,16,31H,1-4H2,(H,32,33)(H,34,35). The number of anilines is 1. The van der Waals surface area contributed by atoms with Crippen LogP contribution in [-0.4, -0.2) is 35.1 Å². The lowest BCUT2D eigenvalue weighted by molar-refractivity contribution is 0.371. The fraction of sp³-hybridized carbons (Fsp3) is 0.148. The van der Waals surface area contributed by atoms with Gasteiger partial charge in [0, 0.05) is 40.0 Å². The third-order valence-electron chi connectivity index (χ3n) is 6.80. The summed E-state index contributed by atoms with van der Waals surface area (Å²) in [6, 6.07) is 8.08. The summed E-state index contributed by atoms with van der Waals surface area (Å²) in [4.78, 5) is 22.0.